The van der Waals surface area contributed by atoms with E-state index in [1.165, 1.54) is 28.3 Å². The number of halogens is 1. The van der Waals surface area contributed by atoms with Gasteiger partial charge in [-0.2, -0.15) is 0 Å². The summed E-state index contributed by atoms with van der Waals surface area (Å²) in [4.78, 5) is 11.4. The third-order valence-corrected chi connectivity index (χ3v) is 3.02. The van der Waals surface area contributed by atoms with Gasteiger partial charge in [-0.05, 0) is 6.92 Å². The summed E-state index contributed by atoms with van der Waals surface area (Å²) < 4.78 is 14.8. The van der Waals surface area contributed by atoms with Gasteiger partial charge in [-0.3, -0.25) is 0 Å². The van der Waals surface area contributed by atoms with Crippen molar-refractivity contribution < 1.29 is 24.1 Å². The lowest BCUT2D eigenvalue weighted by Crippen LogP contribution is -2.42. The van der Waals surface area contributed by atoms with Crippen molar-refractivity contribution in [2.75, 3.05) is 33.2 Å². The smallest absolute Gasteiger partial charge is 0.339 e. The van der Waals surface area contributed by atoms with Crippen molar-refractivity contribution in [3.05, 3.63) is 17.2 Å². The van der Waals surface area contributed by atoms with Crippen LogP contribution in [0.4, 0.5) is 5.69 Å². The number of methoxy groups -OCH3 is 3. The minimum absolute atomic E-state index is 0.0547. The molecule has 0 spiro atoms. The van der Waals surface area contributed by atoms with E-state index in [-0.39, 0.29) is 6.54 Å². The van der Waals surface area contributed by atoms with Crippen molar-refractivity contribution >= 4 is 23.3 Å². The molecule has 2 N–H and O–H groups in total. The zero-order valence-corrected chi connectivity index (χ0v) is 12.6. The molecule has 0 aliphatic heterocycles. The van der Waals surface area contributed by atoms with Crippen LogP contribution in [0.5, 0.6) is 11.5 Å². The van der Waals surface area contributed by atoms with Crippen LogP contribution in [-0.2, 0) is 9.53 Å². The topological polar surface area (TPSA) is 77.0 Å². The summed E-state index contributed by atoms with van der Waals surface area (Å²) in [6.07, 6.45) is 0. The van der Waals surface area contributed by atoms with Gasteiger partial charge in [-0.15, -0.1) is 0 Å². The second-order valence-corrected chi connectivity index (χ2v) is 4.71. The van der Waals surface area contributed by atoms with E-state index in [1.54, 1.807) is 12.1 Å². The van der Waals surface area contributed by atoms with Gasteiger partial charge in [-0.1, -0.05) is 11.6 Å². The van der Waals surface area contributed by atoms with E-state index >= 15 is 0 Å². The summed E-state index contributed by atoms with van der Waals surface area (Å²) in [7, 11) is 4.19. The Morgan fingerprint density at radius 2 is 1.90 bits per heavy atom. The number of aliphatic hydroxyl groups is 1. The highest BCUT2D eigenvalue weighted by Gasteiger charge is 2.31. The number of ether oxygens (including phenoxy) is 3. The molecule has 1 atom stereocenters. The molecule has 0 saturated carbocycles. The van der Waals surface area contributed by atoms with Crippen molar-refractivity contribution in [2.45, 2.75) is 12.5 Å². The lowest BCUT2D eigenvalue weighted by molar-refractivity contribution is -0.158. The number of carbonyl (C=O) groups excluding carboxylic acids is 1. The van der Waals surface area contributed by atoms with E-state index in [9.17, 15) is 9.90 Å². The lowest BCUT2D eigenvalue weighted by Gasteiger charge is -2.22. The van der Waals surface area contributed by atoms with Gasteiger partial charge in [0.1, 0.15) is 11.5 Å². The predicted molar refractivity (Wildman–Crippen MR) is 75.7 cm³/mol. The number of benzene rings is 1. The quantitative estimate of drug-likeness (QED) is 0.779. The molecular formula is C13H18ClNO5. The van der Waals surface area contributed by atoms with Crippen molar-refractivity contribution in [1.29, 1.82) is 0 Å². The molecule has 0 aromatic heterocycles. The summed E-state index contributed by atoms with van der Waals surface area (Å²) in [5.74, 6) is 0.189. The Balaban J connectivity index is 2.94. The highest BCUT2D eigenvalue weighted by Crippen LogP contribution is 2.36. The highest BCUT2D eigenvalue weighted by molar-refractivity contribution is 6.32. The van der Waals surface area contributed by atoms with Gasteiger partial charge >= 0.3 is 5.97 Å². The van der Waals surface area contributed by atoms with Crippen LogP contribution in [-0.4, -0.2) is 44.6 Å². The molecule has 0 amide bonds. The maximum Gasteiger partial charge on any atom is 0.339 e. The molecule has 0 aliphatic carbocycles. The van der Waals surface area contributed by atoms with Gasteiger partial charge in [0, 0.05) is 12.1 Å². The monoisotopic (exact) mass is 303 g/mol. The summed E-state index contributed by atoms with van der Waals surface area (Å²) in [6, 6.07) is 3.20. The molecule has 1 aromatic rings. The normalized spacial score (nSPS) is 13.3. The maximum absolute atomic E-state index is 11.4. The Bertz CT molecular complexity index is 490. The molecule has 0 heterocycles. The third-order valence-electron chi connectivity index (χ3n) is 2.72. The molecule has 0 aliphatic rings. The van der Waals surface area contributed by atoms with E-state index in [0.29, 0.717) is 22.2 Å². The molecule has 0 fully saturated rings. The van der Waals surface area contributed by atoms with Crippen molar-refractivity contribution in [1.82, 2.24) is 0 Å². The van der Waals surface area contributed by atoms with E-state index in [0.717, 1.165) is 0 Å². The first kappa shape index (κ1) is 16.4. The number of rotatable bonds is 6. The first-order valence-electron chi connectivity index (χ1n) is 5.82. The van der Waals surface area contributed by atoms with Crippen molar-refractivity contribution in [3.63, 3.8) is 0 Å². The van der Waals surface area contributed by atoms with E-state index in [1.807, 2.05) is 0 Å². The van der Waals surface area contributed by atoms with Crippen LogP contribution in [0.25, 0.3) is 0 Å². The fourth-order valence-electron chi connectivity index (χ4n) is 1.56. The maximum atomic E-state index is 11.4. The fraction of sp³-hybridized carbons (Fsp3) is 0.462. The molecule has 1 rings (SSSR count). The molecule has 1 unspecified atom stereocenters. The zero-order chi connectivity index (χ0) is 15.3. The predicted octanol–water partition coefficient (Wildman–Crippen LogP) is 1.69. The second kappa shape index (κ2) is 6.67. The largest absolute Gasteiger partial charge is 0.495 e. The van der Waals surface area contributed by atoms with E-state index in [2.05, 4.69) is 10.1 Å². The number of hydrogen-bond acceptors (Lipinski definition) is 6. The van der Waals surface area contributed by atoms with Crippen LogP contribution < -0.4 is 14.8 Å². The van der Waals surface area contributed by atoms with E-state index < -0.39 is 11.6 Å². The van der Waals surface area contributed by atoms with Gasteiger partial charge < -0.3 is 24.6 Å². The van der Waals surface area contributed by atoms with Gasteiger partial charge in [0.2, 0.25) is 0 Å². The zero-order valence-electron chi connectivity index (χ0n) is 11.8. The number of hydrogen-bond donors (Lipinski definition) is 2. The summed E-state index contributed by atoms with van der Waals surface area (Å²) in [5.41, 5.74) is -1.12. The first-order chi connectivity index (χ1) is 9.35. The van der Waals surface area contributed by atoms with Crippen molar-refractivity contribution in [3.8, 4) is 11.5 Å². The van der Waals surface area contributed by atoms with Crippen LogP contribution >= 0.6 is 11.6 Å². The fourth-order valence-corrected chi connectivity index (χ4v) is 1.79. The van der Waals surface area contributed by atoms with Crippen LogP contribution in [0, 0.1) is 0 Å². The molecule has 1 aromatic carbocycles. The van der Waals surface area contributed by atoms with Gasteiger partial charge in [0.05, 0.1) is 38.6 Å². The Morgan fingerprint density at radius 1 is 1.30 bits per heavy atom. The average Bonchev–Trinajstić information content (AvgIpc) is 2.44. The van der Waals surface area contributed by atoms with Crippen LogP contribution in [0.2, 0.25) is 5.02 Å². The molecule has 6 nitrogen and oxygen atoms in total. The average molecular weight is 304 g/mol. The molecular weight excluding hydrogens is 286 g/mol. The molecule has 20 heavy (non-hydrogen) atoms. The molecule has 0 saturated heterocycles. The minimum atomic E-state index is -1.66. The number of carbonyl (C=O) groups is 1. The van der Waals surface area contributed by atoms with Crippen LogP contribution in [0.3, 0.4) is 0 Å². The van der Waals surface area contributed by atoms with Crippen molar-refractivity contribution in [2.24, 2.45) is 0 Å². The summed E-state index contributed by atoms with van der Waals surface area (Å²) in [6.45, 7) is 1.30. The van der Waals surface area contributed by atoms with Crippen LogP contribution in [0.15, 0.2) is 12.1 Å². The Kier molecular flexibility index (Phi) is 5.47. The highest BCUT2D eigenvalue weighted by atomic mass is 35.5. The Morgan fingerprint density at radius 3 is 2.40 bits per heavy atom. The van der Waals surface area contributed by atoms with Crippen LogP contribution in [0.1, 0.15) is 6.92 Å². The summed E-state index contributed by atoms with van der Waals surface area (Å²) >= 11 is 5.99. The first-order valence-corrected chi connectivity index (χ1v) is 6.19. The van der Waals surface area contributed by atoms with E-state index in [4.69, 9.17) is 21.1 Å². The minimum Gasteiger partial charge on any atom is -0.495 e. The molecule has 7 heteroatoms. The second-order valence-electron chi connectivity index (χ2n) is 4.31. The third kappa shape index (κ3) is 3.68. The Labute approximate surface area is 122 Å². The SMILES string of the molecule is COC(=O)C(C)(O)CNc1cc(OC)c(Cl)cc1OC. The number of esters is 1. The summed E-state index contributed by atoms with van der Waals surface area (Å²) in [5, 5.41) is 13.3. The molecule has 0 radical (unpaired) electrons. The number of anilines is 1. The Hall–Kier alpha value is -1.66. The van der Waals surface area contributed by atoms with Gasteiger partial charge in [0.15, 0.2) is 5.60 Å². The number of nitrogens with one attached hydrogen (secondary N) is 1. The lowest BCUT2D eigenvalue weighted by atomic mass is 10.1. The molecule has 0 bridgehead atoms. The van der Waals surface area contributed by atoms with Gasteiger partial charge in [0.25, 0.3) is 0 Å². The van der Waals surface area contributed by atoms with Gasteiger partial charge in [-0.25, -0.2) is 4.79 Å². The molecule has 112 valence electrons. The standard InChI is InChI=1S/C13H18ClNO5/c1-13(17,12(16)20-4)7-15-9-6-10(18-2)8(14)5-11(9)19-3/h5-6,15,17H,7H2,1-4H3.